The van der Waals surface area contributed by atoms with Crippen molar-refractivity contribution in [1.29, 1.82) is 0 Å². The first-order chi connectivity index (χ1) is 15.1. The van der Waals surface area contributed by atoms with Crippen LogP contribution in [0.1, 0.15) is 48.9 Å². The van der Waals surface area contributed by atoms with Gasteiger partial charge in [-0.1, -0.05) is 0 Å². The van der Waals surface area contributed by atoms with Gasteiger partial charge in [-0.05, 0) is 62.0 Å². The summed E-state index contributed by atoms with van der Waals surface area (Å²) < 4.78 is 0. The summed E-state index contributed by atoms with van der Waals surface area (Å²) in [6.45, 7) is 3.74. The zero-order valence-electron chi connectivity index (χ0n) is 17.9. The number of hydrogen-bond donors (Lipinski definition) is 2. The van der Waals surface area contributed by atoms with Crippen LogP contribution in [0.5, 0.6) is 0 Å². The summed E-state index contributed by atoms with van der Waals surface area (Å²) in [6.07, 6.45) is 10.0. The smallest absolute Gasteiger partial charge is 0.290 e. The number of nitrogens with zero attached hydrogens (tertiary/aromatic N) is 3. The fraction of sp³-hybridized carbons (Fsp3) is 0.652. The van der Waals surface area contributed by atoms with E-state index in [1.807, 2.05) is 0 Å². The highest BCUT2D eigenvalue weighted by Gasteiger charge is 2.49. The molecular formula is C23H32N4O4. The number of fused-ring (bicyclic) bond motifs is 4. The van der Waals surface area contributed by atoms with Gasteiger partial charge in [0.2, 0.25) is 5.91 Å². The minimum atomic E-state index is -0.250. The summed E-state index contributed by atoms with van der Waals surface area (Å²) in [6, 6.07) is 4.05. The van der Waals surface area contributed by atoms with Gasteiger partial charge in [0.1, 0.15) is 0 Å². The maximum absolute atomic E-state index is 12.8. The lowest BCUT2D eigenvalue weighted by atomic mass is 9.72. The Morgan fingerprint density at radius 1 is 1.26 bits per heavy atom. The van der Waals surface area contributed by atoms with Crippen molar-refractivity contribution in [2.45, 2.75) is 50.6 Å². The average Bonchev–Trinajstić information content (AvgIpc) is 3.59. The molecule has 4 aliphatic rings. The number of rotatable bonds is 5. The zero-order chi connectivity index (χ0) is 21.8. The molecule has 0 spiro atoms. The van der Waals surface area contributed by atoms with Crippen molar-refractivity contribution >= 4 is 18.3 Å². The molecule has 1 saturated carbocycles. The molecule has 2 amide bonds. The molecule has 0 aromatic carbocycles. The normalized spacial score (nSPS) is 29.9. The van der Waals surface area contributed by atoms with Crippen LogP contribution in [0, 0.1) is 17.8 Å². The lowest BCUT2D eigenvalue weighted by Crippen LogP contribution is -2.67. The molecule has 1 aromatic heterocycles. The summed E-state index contributed by atoms with van der Waals surface area (Å²) >= 11 is 0. The third-order valence-corrected chi connectivity index (χ3v) is 7.18. The van der Waals surface area contributed by atoms with Gasteiger partial charge in [0.15, 0.2) is 0 Å². The Kier molecular flexibility index (Phi) is 6.85. The number of piperidine rings is 3. The van der Waals surface area contributed by atoms with E-state index < -0.39 is 0 Å². The number of pyridine rings is 1. The molecule has 2 N–H and O–H groups in total. The van der Waals surface area contributed by atoms with Crippen molar-refractivity contribution in [2.24, 2.45) is 17.8 Å². The molecule has 4 heterocycles. The molecule has 31 heavy (non-hydrogen) atoms. The Morgan fingerprint density at radius 3 is 2.74 bits per heavy atom. The Bertz CT molecular complexity index is 785. The Morgan fingerprint density at radius 2 is 2.03 bits per heavy atom. The number of carboxylic acid groups (broad SMARTS) is 1. The van der Waals surface area contributed by atoms with Crippen molar-refractivity contribution in [3.05, 3.63) is 30.1 Å². The first-order valence-electron chi connectivity index (χ1n) is 11.4. The quantitative estimate of drug-likeness (QED) is 0.691. The highest BCUT2D eigenvalue weighted by atomic mass is 16.3. The van der Waals surface area contributed by atoms with Gasteiger partial charge in [0.05, 0.1) is 11.6 Å². The van der Waals surface area contributed by atoms with Crippen molar-refractivity contribution in [2.75, 3.05) is 26.2 Å². The molecule has 1 aromatic rings. The molecule has 8 nitrogen and oxygen atoms in total. The minimum absolute atomic E-state index is 0.0955. The van der Waals surface area contributed by atoms with E-state index in [0.29, 0.717) is 42.3 Å². The van der Waals surface area contributed by atoms with Gasteiger partial charge >= 0.3 is 0 Å². The fourth-order valence-electron chi connectivity index (χ4n) is 5.75. The van der Waals surface area contributed by atoms with E-state index in [1.165, 1.54) is 25.8 Å². The SMILES string of the molecule is O=C(NC[C@H]1[C@H]2C[C@H](CN(CC3CC3)C2)[C@@H]2CCCC(=O)N21)c1cccnc1.O=CO. The number of carbonyl (C=O) groups excluding carboxylic acids is 2. The van der Waals surface area contributed by atoms with Gasteiger partial charge in [0.25, 0.3) is 12.4 Å². The van der Waals surface area contributed by atoms with Crippen molar-refractivity contribution in [3.63, 3.8) is 0 Å². The predicted molar refractivity (Wildman–Crippen MR) is 114 cm³/mol. The van der Waals surface area contributed by atoms with E-state index in [0.717, 1.165) is 31.8 Å². The molecule has 8 heteroatoms. The number of amides is 2. The molecule has 168 valence electrons. The molecule has 5 rings (SSSR count). The van der Waals surface area contributed by atoms with Crippen LogP contribution in [0.15, 0.2) is 24.5 Å². The minimum Gasteiger partial charge on any atom is -0.483 e. The Balaban J connectivity index is 0.000000730. The van der Waals surface area contributed by atoms with Gasteiger partial charge < -0.3 is 20.2 Å². The largest absolute Gasteiger partial charge is 0.483 e. The summed E-state index contributed by atoms with van der Waals surface area (Å²) in [5, 5.41) is 9.99. The lowest BCUT2D eigenvalue weighted by molar-refractivity contribution is -0.152. The average molecular weight is 429 g/mol. The summed E-state index contributed by atoms with van der Waals surface area (Å²) in [5.41, 5.74) is 0.580. The van der Waals surface area contributed by atoms with E-state index in [-0.39, 0.29) is 18.4 Å². The van der Waals surface area contributed by atoms with Crippen molar-refractivity contribution in [3.8, 4) is 0 Å². The number of nitrogens with one attached hydrogen (secondary N) is 1. The molecule has 3 saturated heterocycles. The van der Waals surface area contributed by atoms with Crippen LogP contribution in [0.2, 0.25) is 0 Å². The molecule has 3 aliphatic heterocycles. The van der Waals surface area contributed by atoms with Crippen LogP contribution in [0.25, 0.3) is 0 Å². The number of carbonyl (C=O) groups is 3. The molecule has 4 atom stereocenters. The maximum atomic E-state index is 12.8. The van der Waals surface area contributed by atoms with E-state index in [4.69, 9.17) is 9.90 Å². The number of aromatic nitrogens is 1. The first kappa shape index (κ1) is 21.7. The van der Waals surface area contributed by atoms with Crippen LogP contribution >= 0.6 is 0 Å². The Labute approximate surface area is 183 Å². The van der Waals surface area contributed by atoms with Gasteiger partial charge in [-0.15, -0.1) is 0 Å². The topological polar surface area (TPSA) is 103 Å². The third kappa shape index (κ3) is 5.06. The second-order valence-corrected chi connectivity index (χ2v) is 9.30. The van der Waals surface area contributed by atoms with Crippen molar-refractivity contribution < 1.29 is 19.5 Å². The fourth-order valence-corrected chi connectivity index (χ4v) is 5.75. The van der Waals surface area contributed by atoms with Crippen LogP contribution in [-0.4, -0.2) is 76.4 Å². The standard InChI is InChI=1S/C22H30N4O2.CH2O2/c27-21-5-1-4-19-17-9-18(14-25(13-17)12-15-6-7-15)20(26(19)21)11-24-22(28)16-3-2-8-23-10-16;2-1-3/h2-3,8,10,15,17-20H,1,4-7,9,11-14H2,(H,24,28);1H,(H,2,3)/t17-,18+,19+,20+;/m1./s1. The summed E-state index contributed by atoms with van der Waals surface area (Å²) in [4.78, 5) is 42.6. The second-order valence-electron chi connectivity index (χ2n) is 9.30. The van der Waals surface area contributed by atoms with E-state index >= 15 is 0 Å². The molecular weight excluding hydrogens is 396 g/mol. The number of hydrogen-bond acceptors (Lipinski definition) is 5. The van der Waals surface area contributed by atoms with Crippen LogP contribution in [0.4, 0.5) is 0 Å². The maximum Gasteiger partial charge on any atom is 0.290 e. The molecule has 4 fully saturated rings. The van der Waals surface area contributed by atoms with Crippen LogP contribution in [0.3, 0.4) is 0 Å². The molecule has 0 unspecified atom stereocenters. The number of likely N-dealkylation sites (tertiary alicyclic amines) is 1. The second kappa shape index (κ2) is 9.77. The van der Waals surface area contributed by atoms with Crippen molar-refractivity contribution in [1.82, 2.24) is 20.1 Å². The summed E-state index contributed by atoms with van der Waals surface area (Å²) in [7, 11) is 0. The third-order valence-electron chi connectivity index (χ3n) is 7.18. The van der Waals surface area contributed by atoms with Gasteiger partial charge in [0, 0.05) is 51.0 Å². The zero-order valence-corrected chi connectivity index (χ0v) is 17.9. The van der Waals surface area contributed by atoms with E-state index in [2.05, 4.69) is 20.1 Å². The van der Waals surface area contributed by atoms with Gasteiger partial charge in [-0.3, -0.25) is 19.4 Å². The monoisotopic (exact) mass is 428 g/mol. The van der Waals surface area contributed by atoms with E-state index in [9.17, 15) is 9.59 Å². The highest BCUT2D eigenvalue weighted by Crippen LogP contribution is 2.42. The molecule has 2 bridgehead atoms. The molecule has 1 aliphatic carbocycles. The lowest BCUT2D eigenvalue weighted by Gasteiger charge is -2.56. The van der Waals surface area contributed by atoms with Crippen LogP contribution in [-0.2, 0) is 9.59 Å². The van der Waals surface area contributed by atoms with Gasteiger partial charge in [-0.2, -0.15) is 0 Å². The van der Waals surface area contributed by atoms with Crippen LogP contribution < -0.4 is 5.32 Å². The highest BCUT2D eigenvalue weighted by molar-refractivity contribution is 5.93. The Hall–Kier alpha value is -2.48. The first-order valence-corrected chi connectivity index (χ1v) is 11.4. The predicted octanol–water partition coefficient (Wildman–Crippen LogP) is 1.62. The van der Waals surface area contributed by atoms with E-state index in [1.54, 1.807) is 24.5 Å². The van der Waals surface area contributed by atoms with Gasteiger partial charge in [-0.25, -0.2) is 0 Å². The molecule has 0 radical (unpaired) electrons. The summed E-state index contributed by atoms with van der Waals surface area (Å²) in [5.74, 6) is 2.16.